The lowest BCUT2D eigenvalue weighted by molar-refractivity contribution is 0.0588. The third-order valence-electron chi connectivity index (χ3n) is 3.21. The third kappa shape index (κ3) is 3.76. The molecule has 2 heteroatoms. The number of hydrogen-bond acceptors (Lipinski definition) is 1. The highest BCUT2D eigenvalue weighted by Crippen LogP contribution is 2.27. The lowest BCUT2D eigenvalue weighted by Gasteiger charge is -2.33. The Balaban J connectivity index is 2.76. The van der Waals surface area contributed by atoms with E-state index in [1.54, 1.807) is 0 Å². The lowest BCUT2D eigenvalue weighted by Crippen LogP contribution is -2.34. The quantitative estimate of drug-likeness (QED) is 0.662. The second-order valence-corrected chi connectivity index (χ2v) is 4.96. The summed E-state index contributed by atoms with van der Waals surface area (Å²) in [4.78, 5) is 0. The monoisotopic (exact) mass is 236 g/mol. The van der Waals surface area contributed by atoms with Crippen molar-refractivity contribution in [1.82, 2.24) is 0 Å². The Morgan fingerprint density at radius 1 is 1.06 bits per heavy atom. The van der Waals surface area contributed by atoms with Gasteiger partial charge in [0.05, 0.1) is 5.60 Å². The van der Waals surface area contributed by atoms with Crippen LogP contribution in [0.3, 0.4) is 0 Å². The minimum atomic E-state index is 0.108. The van der Waals surface area contributed by atoms with Gasteiger partial charge in [0, 0.05) is 6.42 Å². The highest BCUT2D eigenvalue weighted by atomic mass is 28.2. The van der Waals surface area contributed by atoms with E-state index in [-0.39, 0.29) is 5.60 Å². The molecular formula is C14H24OSi. The van der Waals surface area contributed by atoms with Crippen molar-refractivity contribution < 1.29 is 4.43 Å². The molecule has 0 aromatic heterocycles. The maximum absolute atomic E-state index is 5.96. The molecule has 0 fully saturated rings. The highest BCUT2D eigenvalue weighted by molar-refractivity contribution is 5.98. The van der Waals surface area contributed by atoms with E-state index in [0.29, 0.717) is 0 Å². The molecule has 1 aromatic carbocycles. The summed E-state index contributed by atoms with van der Waals surface area (Å²) in [7, 11) is 0.835. The highest BCUT2D eigenvalue weighted by Gasteiger charge is 2.27. The number of hydrogen-bond donors (Lipinski definition) is 0. The van der Waals surface area contributed by atoms with Crippen molar-refractivity contribution >= 4 is 10.5 Å². The second-order valence-electron chi connectivity index (χ2n) is 4.55. The normalized spacial score (nSPS) is 11.9. The summed E-state index contributed by atoms with van der Waals surface area (Å²) < 4.78 is 5.96. The van der Waals surface area contributed by atoms with Crippen LogP contribution < -0.4 is 0 Å². The molecule has 0 saturated carbocycles. The van der Waals surface area contributed by atoms with Crippen LogP contribution in [0.5, 0.6) is 0 Å². The molecule has 0 saturated heterocycles. The Morgan fingerprint density at radius 2 is 1.62 bits per heavy atom. The molecule has 0 heterocycles. The maximum atomic E-state index is 5.96. The van der Waals surface area contributed by atoms with Crippen LogP contribution in [0.2, 0.25) is 0 Å². The smallest absolute Gasteiger partial charge is 0.146 e. The number of benzene rings is 1. The van der Waals surface area contributed by atoms with Gasteiger partial charge in [-0.1, -0.05) is 57.0 Å². The molecule has 1 nitrogen and oxygen atoms in total. The molecule has 0 aliphatic carbocycles. The molecule has 0 amide bonds. The maximum Gasteiger partial charge on any atom is 0.146 e. The van der Waals surface area contributed by atoms with Gasteiger partial charge in [0.15, 0.2) is 0 Å². The van der Waals surface area contributed by atoms with Gasteiger partial charge >= 0.3 is 0 Å². The van der Waals surface area contributed by atoms with Crippen LogP contribution in [0.1, 0.15) is 45.1 Å². The Kier molecular flexibility index (Phi) is 5.78. The predicted molar refractivity (Wildman–Crippen MR) is 73.7 cm³/mol. The van der Waals surface area contributed by atoms with Crippen LogP contribution in [-0.4, -0.2) is 16.1 Å². The van der Waals surface area contributed by atoms with Gasteiger partial charge in [-0.15, -0.1) is 0 Å². The fourth-order valence-corrected chi connectivity index (χ4v) is 3.01. The molecule has 0 spiro atoms. The summed E-state index contributed by atoms with van der Waals surface area (Å²) in [6.45, 7) is 4.49. The van der Waals surface area contributed by atoms with Crippen LogP contribution in [0, 0.1) is 0 Å². The van der Waals surface area contributed by atoms with Crippen molar-refractivity contribution in [2.24, 2.45) is 0 Å². The molecule has 0 atom stereocenters. The van der Waals surface area contributed by atoms with E-state index >= 15 is 0 Å². The molecule has 0 unspecified atom stereocenters. The zero-order valence-electron chi connectivity index (χ0n) is 10.8. The Bertz CT molecular complexity index is 278. The van der Waals surface area contributed by atoms with Gasteiger partial charge in [0.25, 0.3) is 0 Å². The summed E-state index contributed by atoms with van der Waals surface area (Å²) in [6, 6.07) is 10.7. The summed E-state index contributed by atoms with van der Waals surface area (Å²) >= 11 is 0. The molecule has 0 aliphatic rings. The summed E-state index contributed by atoms with van der Waals surface area (Å²) in [5, 5.41) is 0. The molecule has 0 radical (unpaired) electrons. The summed E-state index contributed by atoms with van der Waals surface area (Å²) in [6.07, 6.45) is 5.83. The van der Waals surface area contributed by atoms with Crippen LogP contribution in [0.15, 0.2) is 30.3 Å². The van der Waals surface area contributed by atoms with Gasteiger partial charge in [0.2, 0.25) is 0 Å². The first-order valence-electron chi connectivity index (χ1n) is 6.35. The average Bonchev–Trinajstić information content (AvgIpc) is 2.31. The average molecular weight is 236 g/mol. The largest absolute Gasteiger partial charge is 0.422 e. The topological polar surface area (TPSA) is 9.23 Å². The molecule has 1 aromatic rings. The third-order valence-corrected chi connectivity index (χ3v) is 4.08. The van der Waals surface area contributed by atoms with Gasteiger partial charge in [-0.05, 0) is 18.4 Å². The van der Waals surface area contributed by atoms with E-state index in [1.165, 1.54) is 31.2 Å². The van der Waals surface area contributed by atoms with Gasteiger partial charge in [-0.3, -0.25) is 0 Å². The van der Waals surface area contributed by atoms with E-state index in [9.17, 15) is 0 Å². The van der Waals surface area contributed by atoms with Crippen LogP contribution in [0.4, 0.5) is 0 Å². The predicted octanol–water partition coefficient (Wildman–Crippen LogP) is 2.87. The fourth-order valence-electron chi connectivity index (χ4n) is 2.46. The zero-order chi connectivity index (χ0) is 11.9. The SMILES string of the molecule is CCCC(CCC)(Cc1ccccc1)O[SiH3]. The minimum absolute atomic E-state index is 0.108. The van der Waals surface area contributed by atoms with Gasteiger partial charge < -0.3 is 4.43 Å². The van der Waals surface area contributed by atoms with Gasteiger partial charge in [-0.25, -0.2) is 0 Å². The molecule has 0 aliphatic heterocycles. The minimum Gasteiger partial charge on any atom is -0.422 e. The van der Waals surface area contributed by atoms with Crippen molar-refractivity contribution in [1.29, 1.82) is 0 Å². The van der Waals surface area contributed by atoms with Crippen molar-refractivity contribution in [3.05, 3.63) is 35.9 Å². The second kappa shape index (κ2) is 6.87. The Labute approximate surface area is 103 Å². The van der Waals surface area contributed by atoms with Crippen molar-refractivity contribution in [3.8, 4) is 0 Å². The van der Waals surface area contributed by atoms with E-state index in [4.69, 9.17) is 4.43 Å². The van der Waals surface area contributed by atoms with Crippen LogP contribution >= 0.6 is 0 Å². The molecule has 16 heavy (non-hydrogen) atoms. The standard InChI is InChI=1S/C14H24OSi/c1-3-10-14(15-16,11-4-2)12-13-8-6-5-7-9-13/h5-9H,3-4,10-12H2,1-2,16H3. The first-order chi connectivity index (χ1) is 7.76. The fraction of sp³-hybridized carbons (Fsp3) is 0.571. The van der Waals surface area contributed by atoms with Gasteiger partial charge in [-0.2, -0.15) is 0 Å². The molecular weight excluding hydrogens is 212 g/mol. The zero-order valence-corrected chi connectivity index (χ0v) is 12.8. The van der Waals surface area contributed by atoms with Crippen molar-refractivity contribution in [3.63, 3.8) is 0 Å². The van der Waals surface area contributed by atoms with E-state index in [1.807, 2.05) is 0 Å². The molecule has 0 bridgehead atoms. The van der Waals surface area contributed by atoms with Crippen molar-refractivity contribution in [2.45, 2.75) is 51.6 Å². The lowest BCUT2D eigenvalue weighted by atomic mass is 9.86. The Hall–Kier alpha value is -0.603. The van der Waals surface area contributed by atoms with E-state index in [2.05, 4.69) is 44.2 Å². The molecule has 90 valence electrons. The van der Waals surface area contributed by atoms with E-state index < -0.39 is 0 Å². The summed E-state index contributed by atoms with van der Waals surface area (Å²) in [5.41, 5.74) is 1.51. The van der Waals surface area contributed by atoms with Gasteiger partial charge in [0.1, 0.15) is 10.5 Å². The summed E-state index contributed by atoms with van der Waals surface area (Å²) in [5.74, 6) is 0. The van der Waals surface area contributed by atoms with Crippen molar-refractivity contribution in [2.75, 3.05) is 0 Å². The number of rotatable bonds is 7. The Morgan fingerprint density at radius 3 is 2.06 bits per heavy atom. The molecule has 0 N–H and O–H groups in total. The molecule has 1 rings (SSSR count). The first-order valence-corrected chi connectivity index (χ1v) is 7.17. The van der Waals surface area contributed by atoms with E-state index in [0.717, 1.165) is 16.9 Å². The first kappa shape index (κ1) is 13.5. The van der Waals surface area contributed by atoms with Crippen LogP contribution in [0.25, 0.3) is 0 Å². The van der Waals surface area contributed by atoms with Crippen LogP contribution in [-0.2, 0) is 10.8 Å².